The van der Waals surface area contributed by atoms with E-state index in [9.17, 15) is 9.59 Å². The van der Waals surface area contributed by atoms with Crippen LogP contribution >= 0.6 is 0 Å². The maximum Gasteiger partial charge on any atom is 0.244 e. The van der Waals surface area contributed by atoms with E-state index >= 15 is 0 Å². The molecule has 2 amide bonds. The molecule has 0 spiro atoms. The summed E-state index contributed by atoms with van der Waals surface area (Å²) in [6.45, 7) is 1.55. The molecular formula is C12H19N5O2. The van der Waals surface area contributed by atoms with Crippen molar-refractivity contribution in [3.63, 3.8) is 0 Å². The molecule has 0 bridgehead atoms. The first-order valence-corrected chi connectivity index (χ1v) is 6.39. The van der Waals surface area contributed by atoms with E-state index in [0.29, 0.717) is 31.2 Å². The molecule has 104 valence electrons. The predicted octanol–water partition coefficient (Wildman–Crippen LogP) is -0.421. The number of piperidine rings is 1. The molecule has 0 aromatic carbocycles. The summed E-state index contributed by atoms with van der Waals surface area (Å²) >= 11 is 0. The molecule has 7 heteroatoms. The first kappa shape index (κ1) is 13.4. The van der Waals surface area contributed by atoms with Crippen LogP contribution in [0.15, 0.2) is 12.3 Å². The first-order chi connectivity index (χ1) is 9.04. The highest BCUT2D eigenvalue weighted by atomic mass is 16.2. The van der Waals surface area contributed by atoms with Crippen molar-refractivity contribution in [3.05, 3.63) is 12.3 Å². The van der Waals surface area contributed by atoms with Crippen molar-refractivity contribution >= 4 is 17.6 Å². The Balaban J connectivity index is 1.80. The number of hydrogen-bond donors (Lipinski definition) is 2. The van der Waals surface area contributed by atoms with Gasteiger partial charge in [0, 0.05) is 25.7 Å². The maximum atomic E-state index is 12.0. The van der Waals surface area contributed by atoms with E-state index in [2.05, 4.69) is 5.10 Å². The lowest BCUT2D eigenvalue weighted by Gasteiger charge is -2.31. The highest BCUT2D eigenvalue weighted by molar-refractivity contribution is 5.76. The van der Waals surface area contributed by atoms with Crippen LogP contribution in [-0.4, -0.2) is 39.6 Å². The van der Waals surface area contributed by atoms with E-state index in [1.165, 1.54) is 4.68 Å². The van der Waals surface area contributed by atoms with Gasteiger partial charge in [0.15, 0.2) is 0 Å². The number of nitrogens with two attached hydrogens (primary N) is 2. The molecule has 1 aromatic heterocycles. The average Bonchev–Trinajstić information content (AvgIpc) is 2.75. The van der Waals surface area contributed by atoms with Crippen LogP contribution in [0.3, 0.4) is 0 Å². The minimum absolute atomic E-state index is 0.0284. The number of aromatic nitrogens is 2. The Bertz CT molecular complexity index is 462. The van der Waals surface area contributed by atoms with Crippen LogP contribution in [0.4, 0.5) is 5.82 Å². The van der Waals surface area contributed by atoms with Crippen LogP contribution in [0.25, 0.3) is 0 Å². The van der Waals surface area contributed by atoms with Crippen molar-refractivity contribution in [3.8, 4) is 0 Å². The number of nitrogens with zero attached hydrogens (tertiary/aromatic N) is 3. The summed E-state index contributed by atoms with van der Waals surface area (Å²) in [4.78, 5) is 24.7. The zero-order valence-electron chi connectivity index (χ0n) is 10.8. The van der Waals surface area contributed by atoms with Gasteiger partial charge < -0.3 is 16.4 Å². The molecule has 1 aliphatic heterocycles. The molecule has 4 N–H and O–H groups in total. The fourth-order valence-electron chi connectivity index (χ4n) is 2.38. The van der Waals surface area contributed by atoms with Crippen molar-refractivity contribution in [1.29, 1.82) is 0 Å². The molecule has 0 aliphatic carbocycles. The number of carbonyl (C=O) groups excluding carboxylic acids is 2. The molecule has 1 saturated heterocycles. The molecule has 1 aliphatic rings. The molecule has 2 rings (SSSR count). The summed E-state index contributed by atoms with van der Waals surface area (Å²) in [6.07, 6.45) is 3.76. The van der Waals surface area contributed by atoms with Gasteiger partial charge in [-0.25, -0.2) is 0 Å². The Morgan fingerprint density at radius 2 is 2.05 bits per heavy atom. The second-order valence-electron chi connectivity index (χ2n) is 4.93. The summed E-state index contributed by atoms with van der Waals surface area (Å²) in [7, 11) is 0. The summed E-state index contributed by atoms with van der Waals surface area (Å²) in [5.74, 6) is 0.479. The van der Waals surface area contributed by atoms with Crippen LogP contribution in [0, 0.1) is 5.92 Å². The third-order valence-corrected chi connectivity index (χ3v) is 3.42. The number of likely N-dealkylation sites (tertiary alicyclic amines) is 1. The molecule has 0 saturated carbocycles. The zero-order valence-corrected chi connectivity index (χ0v) is 10.8. The molecule has 0 radical (unpaired) electrons. The number of amides is 2. The Labute approximate surface area is 111 Å². The first-order valence-electron chi connectivity index (χ1n) is 6.39. The van der Waals surface area contributed by atoms with Crippen LogP contribution in [0.2, 0.25) is 0 Å². The molecule has 0 atom stereocenters. The normalized spacial score (nSPS) is 16.5. The van der Waals surface area contributed by atoms with Gasteiger partial charge in [-0.1, -0.05) is 0 Å². The topological polar surface area (TPSA) is 107 Å². The van der Waals surface area contributed by atoms with E-state index in [-0.39, 0.29) is 18.4 Å². The molecular weight excluding hydrogens is 246 g/mol. The number of anilines is 1. The van der Waals surface area contributed by atoms with E-state index in [1.54, 1.807) is 17.2 Å². The third-order valence-electron chi connectivity index (χ3n) is 3.42. The number of primary amides is 1. The van der Waals surface area contributed by atoms with E-state index < -0.39 is 0 Å². The van der Waals surface area contributed by atoms with Gasteiger partial charge in [-0.3, -0.25) is 14.3 Å². The van der Waals surface area contributed by atoms with E-state index in [0.717, 1.165) is 12.8 Å². The fraction of sp³-hybridized carbons (Fsp3) is 0.583. The fourth-order valence-corrected chi connectivity index (χ4v) is 2.38. The standard InChI is InChI=1S/C12H19N5O2/c13-10-3-6-17(15-10)8-12(19)16-4-1-9(2-5-16)7-11(14)18/h3,6,9H,1-2,4-5,7-8H2,(H2,13,15)(H2,14,18). The monoisotopic (exact) mass is 265 g/mol. The minimum Gasteiger partial charge on any atom is -0.382 e. The zero-order chi connectivity index (χ0) is 13.8. The van der Waals surface area contributed by atoms with Gasteiger partial charge in [-0.05, 0) is 24.8 Å². The maximum absolute atomic E-state index is 12.0. The van der Waals surface area contributed by atoms with Gasteiger partial charge in [-0.15, -0.1) is 0 Å². The van der Waals surface area contributed by atoms with Crippen molar-refractivity contribution < 1.29 is 9.59 Å². The average molecular weight is 265 g/mol. The molecule has 0 unspecified atom stereocenters. The lowest BCUT2D eigenvalue weighted by Crippen LogP contribution is -2.41. The summed E-state index contributed by atoms with van der Waals surface area (Å²) < 4.78 is 1.53. The SMILES string of the molecule is NC(=O)CC1CCN(C(=O)Cn2ccc(N)n2)CC1. The van der Waals surface area contributed by atoms with E-state index in [4.69, 9.17) is 11.5 Å². The number of rotatable bonds is 4. The van der Waals surface area contributed by atoms with Gasteiger partial charge in [0.2, 0.25) is 11.8 Å². The lowest BCUT2D eigenvalue weighted by molar-refractivity contribution is -0.133. The van der Waals surface area contributed by atoms with Crippen LogP contribution in [0.5, 0.6) is 0 Å². The Morgan fingerprint density at radius 1 is 1.37 bits per heavy atom. The molecule has 19 heavy (non-hydrogen) atoms. The smallest absolute Gasteiger partial charge is 0.244 e. The van der Waals surface area contributed by atoms with Gasteiger partial charge in [-0.2, -0.15) is 5.10 Å². The third kappa shape index (κ3) is 3.70. The number of hydrogen-bond acceptors (Lipinski definition) is 4. The van der Waals surface area contributed by atoms with Crippen molar-refractivity contribution in [1.82, 2.24) is 14.7 Å². The Hall–Kier alpha value is -2.05. The van der Waals surface area contributed by atoms with Crippen molar-refractivity contribution in [2.45, 2.75) is 25.8 Å². The van der Waals surface area contributed by atoms with Gasteiger partial charge >= 0.3 is 0 Å². The van der Waals surface area contributed by atoms with Gasteiger partial charge in [0.05, 0.1) is 0 Å². The molecule has 1 aromatic rings. The van der Waals surface area contributed by atoms with E-state index in [1.807, 2.05) is 0 Å². The quantitative estimate of drug-likeness (QED) is 0.770. The predicted molar refractivity (Wildman–Crippen MR) is 69.8 cm³/mol. The minimum atomic E-state index is -0.267. The lowest BCUT2D eigenvalue weighted by atomic mass is 9.93. The summed E-state index contributed by atoms with van der Waals surface area (Å²) in [5, 5.41) is 3.99. The van der Waals surface area contributed by atoms with Crippen LogP contribution in [0.1, 0.15) is 19.3 Å². The van der Waals surface area contributed by atoms with Gasteiger partial charge in [0.1, 0.15) is 12.4 Å². The second-order valence-corrected chi connectivity index (χ2v) is 4.93. The molecule has 1 fully saturated rings. The van der Waals surface area contributed by atoms with Crippen molar-refractivity contribution in [2.24, 2.45) is 11.7 Å². The largest absolute Gasteiger partial charge is 0.382 e. The number of carbonyl (C=O) groups is 2. The summed E-state index contributed by atoms with van der Waals surface area (Å²) in [6, 6.07) is 1.66. The number of nitrogen functional groups attached to an aromatic ring is 1. The Morgan fingerprint density at radius 3 is 2.58 bits per heavy atom. The Kier molecular flexibility index (Phi) is 4.03. The molecule has 7 nitrogen and oxygen atoms in total. The van der Waals surface area contributed by atoms with Crippen molar-refractivity contribution in [2.75, 3.05) is 18.8 Å². The summed E-state index contributed by atoms with van der Waals surface area (Å²) in [5.41, 5.74) is 10.7. The highest BCUT2D eigenvalue weighted by Gasteiger charge is 2.23. The molecule has 2 heterocycles. The van der Waals surface area contributed by atoms with Gasteiger partial charge in [0.25, 0.3) is 0 Å². The van der Waals surface area contributed by atoms with Crippen LogP contribution in [-0.2, 0) is 16.1 Å². The highest BCUT2D eigenvalue weighted by Crippen LogP contribution is 2.20. The van der Waals surface area contributed by atoms with Crippen LogP contribution < -0.4 is 11.5 Å². The second kappa shape index (κ2) is 5.73.